The maximum Gasteiger partial charge on any atom is 0.303 e. The number of nitrogens with one attached hydrogen (secondary N) is 2. The molecule has 0 fully saturated rings. The zero-order chi connectivity index (χ0) is 18.5. The van der Waals surface area contributed by atoms with Gasteiger partial charge in [0.15, 0.2) is 5.13 Å². The van der Waals surface area contributed by atoms with E-state index in [0.29, 0.717) is 17.2 Å². The second-order valence-corrected chi connectivity index (χ2v) is 8.21. The Morgan fingerprint density at radius 1 is 1.21 bits per heavy atom. The van der Waals surface area contributed by atoms with E-state index in [-0.39, 0.29) is 24.7 Å². The van der Waals surface area contributed by atoms with Crippen LogP contribution in [0.4, 0.5) is 5.13 Å². The van der Waals surface area contributed by atoms with E-state index in [0.717, 1.165) is 0 Å². The summed E-state index contributed by atoms with van der Waals surface area (Å²) in [4.78, 5) is 38.9. The van der Waals surface area contributed by atoms with Crippen molar-refractivity contribution in [2.45, 2.75) is 59.4 Å². The number of carboxylic acids is 1. The van der Waals surface area contributed by atoms with Gasteiger partial charge in [-0.3, -0.25) is 14.4 Å². The predicted molar refractivity (Wildman–Crippen MR) is 93.0 cm³/mol. The summed E-state index contributed by atoms with van der Waals surface area (Å²) in [7, 11) is 0. The minimum Gasteiger partial charge on any atom is -0.481 e. The van der Waals surface area contributed by atoms with Crippen molar-refractivity contribution in [3.63, 3.8) is 0 Å². The Balaban J connectivity index is 2.57. The van der Waals surface area contributed by atoms with Crippen molar-refractivity contribution in [2.75, 3.05) is 5.32 Å². The molecule has 0 radical (unpaired) electrons. The minimum absolute atomic E-state index is 0.00698. The Morgan fingerprint density at radius 2 is 1.83 bits per heavy atom. The molecule has 8 heteroatoms. The van der Waals surface area contributed by atoms with Gasteiger partial charge in [-0.2, -0.15) is 0 Å². The number of carbonyl (C=O) groups excluding carboxylic acids is 2. The second kappa shape index (κ2) is 7.74. The lowest BCUT2D eigenvalue weighted by molar-refractivity contribution is -0.137. The van der Waals surface area contributed by atoms with Crippen LogP contribution in [0.2, 0.25) is 0 Å². The molecule has 0 aliphatic carbocycles. The number of hydrogen-bond donors (Lipinski definition) is 3. The summed E-state index contributed by atoms with van der Waals surface area (Å²) in [5, 5.41) is 16.4. The number of amides is 2. The van der Waals surface area contributed by atoms with E-state index in [4.69, 9.17) is 5.11 Å². The van der Waals surface area contributed by atoms with Crippen molar-refractivity contribution in [2.24, 2.45) is 5.41 Å². The van der Waals surface area contributed by atoms with E-state index in [1.54, 1.807) is 19.2 Å². The fourth-order valence-corrected chi connectivity index (χ4v) is 2.50. The van der Waals surface area contributed by atoms with E-state index in [9.17, 15) is 14.4 Å². The molecular weight excluding hydrogens is 330 g/mol. The Morgan fingerprint density at radius 3 is 2.38 bits per heavy atom. The molecule has 0 aromatic carbocycles. The van der Waals surface area contributed by atoms with Gasteiger partial charge < -0.3 is 15.7 Å². The third-order valence-corrected chi connectivity index (χ3v) is 4.04. The first kappa shape index (κ1) is 20.1. The number of hydrogen-bond acceptors (Lipinski definition) is 5. The van der Waals surface area contributed by atoms with E-state index >= 15 is 0 Å². The van der Waals surface area contributed by atoms with Crippen LogP contribution in [0, 0.1) is 5.41 Å². The van der Waals surface area contributed by atoms with Gasteiger partial charge in [0.25, 0.3) is 0 Å². The Labute approximate surface area is 145 Å². The van der Waals surface area contributed by atoms with Gasteiger partial charge in [0.05, 0.1) is 12.1 Å². The largest absolute Gasteiger partial charge is 0.481 e. The van der Waals surface area contributed by atoms with Gasteiger partial charge in [-0.25, -0.2) is 4.98 Å². The fraction of sp³-hybridized carbons (Fsp3) is 0.625. The molecule has 3 N–H and O–H groups in total. The number of carboxylic acid groups (broad SMARTS) is 1. The summed E-state index contributed by atoms with van der Waals surface area (Å²) in [6.45, 7) is 8.99. The maximum atomic E-state index is 12.1. The van der Waals surface area contributed by atoms with E-state index in [2.05, 4.69) is 15.6 Å². The molecule has 0 aliphatic heterocycles. The van der Waals surface area contributed by atoms with E-state index in [1.807, 2.05) is 20.8 Å². The van der Waals surface area contributed by atoms with Crippen molar-refractivity contribution in [3.8, 4) is 0 Å². The number of nitrogens with zero attached hydrogens (tertiary/aromatic N) is 1. The van der Waals surface area contributed by atoms with E-state index < -0.39 is 16.9 Å². The SMILES string of the molecule is CC(C)(CCC(=O)O)NC(=O)Cc1csc(NC(=O)C(C)(C)C)n1. The average molecular weight is 355 g/mol. The normalized spacial score (nSPS) is 11.9. The van der Waals surface area contributed by atoms with Gasteiger partial charge >= 0.3 is 5.97 Å². The number of thiazole rings is 1. The van der Waals surface area contributed by atoms with Gasteiger partial charge in [-0.1, -0.05) is 20.8 Å². The Hall–Kier alpha value is -1.96. The molecule has 1 rings (SSSR count). The van der Waals surface area contributed by atoms with Crippen LogP contribution in [0.5, 0.6) is 0 Å². The highest BCUT2D eigenvalue weighted by molar-refractivity contribution is 7.13. The molecule has 0 spiro atoms. The predicted octanol–water partition coefficient (Wildman–Crippen LogP) is 2.43. The molecular formula is C16H25N3O4S. The van der Waals surface area contributed by atoms with Crippen LogP contribution < -0.4 is 10.6 Å². The molecule has 7 nitrogen and oxygen atoms in total. The minimum atomic E-state index is -0.893. The standard InChI is InChI=1S/C16H25N3O4S/c1-15(2,3)13(23)18-14-17-10(9-24-14)8-11(20)19-16(4,5)7-6-12(21)22/h9H,6-8H2,1-5H3,(H,19,20)(H,21,22)(H,17,18,23). The number of carbonyl (C=O) groups is 3. The molecule has 1 heterocycles. The van der Waals surface area contributed by atoms with Crippen LogP contribution in [0.15, 0.2) is 5.38 Å². The van der Waals surface area contributed by atoms with Crippen LogP contribution in [0.1, 0.15) is 53.2 Å². The average Bonchev–Trinajstić information content (AvgIpc) is 2.81. The Bertz CT molecular complexity index is 617. The molecule has 1 aromatic rings. The first-order valence-corrected chi connectivity index (χ1v) is 8.56. The van der Waals surface area contributed by atoms with Crippen LogP contribution >= 0.6 is 11.3 Å². The lowest BCUT2D eigenvalue weighted by Crippen LogP contribution is -2.44. The molecule has 0 saturated carbocycles. The lowest BCUT2D eigenvalue weighted by Gasteiger charge is -2.25. The number of aromatic nitrogens is 1. The van der Waals surface area contributed by atoms with Gasteiger partial charge in [-0.05, 0) is 20.3 Å². The summed E-state index contributed by atoms with van der Waals surface area (Å²) >= 11 is 1.27. The summed E-state index contributed by atoms with van der Waals surface area (Å²) in [5.74, 6) is -1.26. The molecule has 1 aromatic heterocycles. The number of aliphatic carboxylic acids is 1. The quantitative estimate of drug-likeness (QED) is 0.696. The molecule has 0 atom stereocenters. The number of anilines is 1. The van der Waals surface area contributed by atoms with Gasteiger partial charge in [0.1, 0.15) is 0 Å². The summed E-state index contributed by atoms with van der Waals surface area (Å²) < 4.78 is 0. The van der Waals surface area contributed by atoms with Gasteiger partial charge in [0, 0.05) is 22.8 Å². The molecule has 134 valence electrons. The lowest BCUT2D eigenvalue weighted by atomic mass is 9.96. The number of rotatable bonds is 7. The van der Waals surface area contributed by atoms with Crippen molar-refractivity contribution < 1.29 is 19.5 Å². The molecule has 0 bridgehead atoms. The second-order valence-electron chi connectivity index (χ2n) is 7.35. The highest BCUT2D eigenvalue weighted by atomic mass is 32.1. The molecule has 0 aliphatic rings. The summed E-state index contributed by atoms with van der Waals surface area (Å²) in [6, 6.07) is 0. The van der Waals surface area contributed by atoms with Gasteiger partial charge in [0.2, 0.25) is 11.8 Å². The molecule has 0 saturated heterocycles. The van der Waals surface area contributed by atoms with Crippen LogP contribution in [0.25, 0.3) is 0 Å². The van der Waals surface area contributed by atoms with Crippen molar-refractivity contribution in [3.05, 3.63) is 11.1 Å². The Kier molecular flexibility index (Phi) is 6.48. The van der Waals surface area contributed by atoms with Crippen molar-refractivity contribution >= 4 is 34.3 Å². The topological polar surface area (TPSA) is 108 Å². The highest BCUT2D eigenvalue weighted by Gasteiger charge is 2.24. The summed E-state index contributed by atoms with van der Waals surface area (Å²) in [5.41, 5.74) is -0.553. The van der Waals surface area contributed by atoms with Crippen LogP contribution in [-0.4, -0.2) is 33.4 Å². The maximum absolute atomic E-state index is 12.1. The third-order valence-electron chi connectivity index (χ3n) is 3.24. The highest BCUT2D eigenvalue weighted by Crippen LogP contribution is 2.21. The van der Waals surface area contributed by atoms with Crippen molar-refractivity contribution in [1.82, 2.24) is 10.3 Å². The summed E-state index contributed by atoms with van der Waals surface area (Å²) in [6.07, 6.45) is 0.420. The molecule has 2 amide bonds. The zero-order valence-corrected chi connectivity index (χ0v) is 15.5. The zero-order valence-electron chi connectivity index (χ0n) is 14.7. The van der Waals surface area contributed by atoms with Gasteiger partial charge in [-0.15, -0.1) is 11.3 Å². The fourth-order valence-electron chi connectivity index (χ4n) is 1.80. The first-order chi connectivity index (χ1) is 10.9. The monoisotopic (exact) mass is 355 g/mol. The third kappa shape index (κ3) is 7.08. The molecule has 24 heavy (non-hydrogen) atoms. The van der Waals surface area contributed by atoms with Crippen molar-refractivity contribution in [1.29, 1.82) is 0 Å². The smallest absolute Gasteiger partial charge is 0.303 e. The molecule has 0 unspecified atom stereocenters. The van der Waals surface area contributed by atoms with E-state index in [1.165, 1.54) is 11.3 Å². The first-order valence-electron chi connectivity index (χ1n) is 7.68. The van der Waals surface area contributed by atoms with Crippen LogP contribution in [0.3, 0.4) is 0 Å². The van der Waals surface area contributed by atoms with Crippen LogP contribution in [-0.2, 0) is 20.8 Å².